The Kier molecular flexibility index (Phi) is 5.12. The number of carboxylic acids is 1. The summed E-state index contributed by atoms with van der Waals surface area (Å²) in [4.78, 5) is 10.4. The Morgan fingerprint density at radius 1 is 1.42 bits per heavy atom. The van der Waals surface area contributed by atoms with E-state index in [1.165, 1.54) is 23.1 Å². The Morgan fingerprint density at radius 3 is 2.84 bits per heavy atom. The average Bonchev–Trinajstić information content (AvgIpc) is 2.71. The van der Waals surface area contributed by atoms with Crippen molar-refractivity contribution in [2.75, 3.05) is 5.75 Å². The smallest absolute Gasteiger partial charge is 0.304 e. The van der Waals surface area contributed by atoms with Crippen molar-refractivity contribution in [2.45, 2.75) is 17.3 Å². The molecule has 1 aromatic heterocycles. The van der Waals surface area contributed by atoms with E-state index in [0.29, 0.717) is 16.3 Å². The molecule has 0 aliphatic heterocycles. The van der Waals surface area contributed by atoms with Crippen LogP contribution in [0.25, 0.3) is 0 Å². The second kappa shape index (κ2) is 6.83. The van der Waals surface area contributed by atoms with Gasteiger partial charge in [0.15, 0.2) is 8.29 Å². The molecule has 0 aliphatic rings. The van der Waals surface area contributed by atoms with Crippen LogP contribution in [-0.2, 0) is 11.3 Å². The van der Waals surface area contributed by atoms with Crippen LogP contribution in [0.15, 0.2) is 34.7 Å². The summed E-state index contributed by atoms with van der Waals surface area (Å²) in [6.45, 7) is 0.648. The molecular formula is C12H12N2O2S3. The molecule has 0 saturated heterocycles. The maximum Gasteiger partial charge on any atom is 0.304 e. The van der Waals surface area contributed by atoms with Gasteiger partial charge in [0.05, 0.1) is 13.0 Å². The van der Waals surface area contributed by atoms with Crippen molar-refractivity contribution in [1.82, 2.24) is 9.78 Å². The van der Waals surface area contributed by atoms with E-state index in [1.54, 1.807) is 4.68 Å². The Bertz CT molecular complexity index is 607. The molecule has 0 saturated carbocycles. The standard InChI is InChI=1S/C12H12N2O2S3/c15-10(16)6-7-18-11-13-14(12(17)19-11)8-9-4-2-1-3-5-9/h1-5H,6-8H2,(H,15,16). The molecule has 0 fully saturated rings. The number of hydrogen-bond donors (Lipinski definition) is 1. The Labute approximate surface area is 124 Å². The van der Waals surface area contributed by atoms with E-state index in [4.69, 9.17) is 17.3 Å². The second-order valence-electron chi connectivity index (χ2n) is 3.77. The maximum absolute atomic E-state index is 10.4. The predicted molar refractivity (Wildman–Crippen MR) is 79.5 cm³/mol. The number of aromatic nitrogens is 2. The van der Waals surface area contributed by atoms with Crippen LogP contribution in [-0.4, -0.2) is 26.6 Å². The summed E-state index contributed by atoms with van der Waals surface area (Å²) >= 11 is 8.12. The highest BCUT2D eigenvalue weighted by molar-refractivity contribution is 8.01. The molecule has 2 rings (SSSR count). The number of carboxylic acid groups (broad SMARTS) is 1. The first-order chi connectivity index (χ1) is 9.15. The second-order valence-corrected chi connectivity index (χ2v) is 6.73. The number of rotatable bonds is 6. The highest BCUT2D eigenvalue weighted by atomic mass is 32.2. The lowest BCUT2D eigenvalue weighted by Gasteiger charge is -2.00. The van der Waals surface area contributed by atoms with E-state index in [1.807, 2.05) is 30.3 Å². The monoisotopic (exact) mass is 312 g/mol. The van der Waals surface area contributed by atoms with Crippen molar-refractivity contribution in [3.05, 3.63) is 39.8 Å². The van der Waals surface area contributed by atoms with Crippen molar-refractivity contribution in [1.29, 1.82) is 0 Å². The van der Waals surface area contributed by atoms with Gasteiger partial charge in [-0.3, -0.25) is 4.79 Å². The molecule has 0 spiro atoms. The third-order valence-electron chi connectivity index (χ3n) is 2.30. The minimum absolute atomic E-state index is 0.135. The van der Waals surface area contributed by atoms with E-state index in [9.17, 15) is 4.79 Å². The van der Waals surface area contributed by atoms with Gasteiger partial charge < -0.3 is 5.11 Å². The minimum Gasteiger partial charge on any atom is -0.481 e. The third-order valence-corrected chi connectivity index (χ3v) is 4.75. The van der Waals surface area contributed by atoms with Crippen molar-refractivity contribution >= 4 is 41.3 Å². The molecule has 100 valence electrons. The van der Waals surface area contributed by atoms with E-state index in [0.717, 1.165) is 9.90 Å². The number of aliphatic carboxylic acids is 1. The first kappa shape index (κ1) is 14.2. The zero-order chi connectivity index (χ0) is 13.7. The van der Waals surface area contributed by atoms with Crippen molar-refractivity contribution in [2.24, 2.45) is 0 Å². The van der Waals surface area contributed by atoms with Gasteiger partial charge >= 0.3 is 5.97 Å². The number of nitrogens with zero attached hydrogens (tertiary/aromatic N) is 2. The van der Waals surface area contributed by atoms with Crippen molar-refractivity contribution in [3.8, 4) is 0 Å². The fourth-order valence-electron chi connectivity index (χ4n) is 1.43. The van der Waals surface area contributed by atoms with Gasteiger partial charge in [-0.15, -0.1) is 0 Å². The van der Waals surface area contributed by atoms with Crippen LogP contribution >= 0.6 is 35.3 Å². The van der Waals surface area contributed by atoms with E-state index in [-0.39, 0.29) is 6.42 Å². The molecule has 1 aromatic carbocycles. The molecule has 0 bridgehead atoms. The average molecular weight is 312 g/mol. The molecule has 0 atom stereocenters. The highest BCUT2D eigenvalue weighted by Crippen LogP contribution is 2.23. The van der Waals surface area contributed by atoms with Crippen LogP contribution < -0.4 is 0 Å². The predicted octanol–water partition coefficient (Wildman–Crippen LogP) is 3.29. The molecule has 1 heterocycles. The molecule has 0 unspecified atom stereocenters. The molecule has 19 heavy (non-hydrogen) atoms. The van der Waals surface area contributed by atoms with Gasteiger partial charge in [-0.2, -0.15) is 5.10 Å². The van der Waals surface area contributed by atoms with E-state index in [2.05, 4.69) is 5.10 Å². The summed E-state index contributed by atoms with van der Waals surface area (Å²) in [6.07, 6.45) is 0.135. The van der Waals surface area contributed by atoms with Crippen molar-refractivity contribution in [3.63, 3.8) is 0 Å². The molecule has 1 N–H and O–H groups in total. The Hall–Kier alpha value is -1.18. The minimum atomic E-state index is -0.792. The van der Waals surface area contributed by atoms with Gasteiger partial charge in [0.1, 0.15) is 0 Å². The topological polar surface area (TPSA) is 55.1 Å². The number of benzene rings is 1. The molecule has 0 aliphatic carbocycles. The number of carbonyl (C=O) groups is 1. The van der Waals surface area contributed by atoms with Gasteiger partial charge in [0.25, 0.3) is 0 Å². The zero-order valence-corrected chi connectivity index (χ0v) is 12.4. The quantitative estimate of drug-likeness (QED) is 0.655. The van der Waals surface area contributed by atoms with Crippen LogP contribution in [0.2, 0.25) is 0 Å². The zero-order valence-electron chi connectivity index (χ0n) is 9.98. The van der Waals surface area contributed by atoms with Crippen LogP contribution in [0.5, 0.6) is 0 Å². The Balaban J connectivity index is 2.01. The largest absolute Gasteiger partial charge is 0.481 e. The van der Waals surface area contributed by atoms with E-state index < -0.39 is 5.97 Å². The van der Waals surface area contributed by atoms with Crippen LogP contribution in [0.1, 0.15) is 12.0 Å². The molecule has 7 heteroatoms. The fourth-order valence-corrected chi connectivity index (χ4v) is 3.76. The Morgan fingerprint density at radius 2 is 2.16 bits per heavy atom. The lowest BCUT2D eigenvalue weighted by molar-refractivity contribution is -0.136. The molecule has 4 nitrogen and oxygen atoms in total. The summed E-state index contributed by atoms with van der Waals surface area (Å²) in [7, 11) is 0. The highest BCUT2D eigenvalue weighted by Gasteiger charge is 2.06. The van der Waals surface area contributed by atoms with Gasteiger partial charge in [0.2, 0.25) is 0 Å². The fraction of sp³-hybridized carbons (Fsp3) is 0.250. The summed E-state index contributed by atoms with van der Waals surface area (Å²) in [5.41, 5.74) is 1.14. The third kappa shape index (κ3) is 4.45. The van der Waals surface area contributed by atoms with Gasteiger partial charge in [-0.05, 0) is 17.8 Å². The summed E-state index contributed by atoms with van der Waals surface area (Å²) < 4.78 is 3.31. The lowest BCUT2D eigenvalue weighted by Crippen LogP contribution is -2.01. The summed E-state index contributed by atoms with van der Waals surface area (Å²) in [6, 6.07) is 9.98. The van der Waals surface area contributed by atoms with Crippen LogP contribution in [0, 0.1) is 3.95 Å². The number of thioether (sulfide) groups is 1. The summed E-state index contributed by atoms with van der Waals surface area (Å²) in [5.74, 6) is -0.275. The first-order valence-electron chi connectivity index (χ1n) is 5.61. The first-order valence-corrected chi connectivity index (χ1v) is 7.82. The molecular weight excluding hydrogens is 300 g/mol. The van der Waals surface area contributed by atoms with Gasteiger partial charge in [-0.1, -0.05) is 53.4 Å². The lowest BCUT2D eigenvalue weighted by atomic mass is 10.2. The van der Waals surface area contributed by atoms with Crippen molar-refractivity contribution < 1.29 is 9.90 Å². The molecule has 0 amide bonds. The summed E-state index contributed by atoms with van der Waals surface area (Å²) in [5, 5.41) is 13.0. The molecule has 2 aromatic rings. The SMILES string of the molecule is O=C(O)CCSc1nn(Cc2ccccc2)c(=S)s1. The van der Waals surface area contributed by atoms with Gasteiger partial charge in [-0.25, -0.2) is 4.68 Å². The normalized spacial score (nSPS) is 10.5. The molecule has 0 radical (unpaired) electrons. The maximum atomic E-state index is 10.4. The van der Waals surface area contributed by atoms with Crippen LogP contribution in [0.3, 0.4) is 0 Å². The van der Waals surface area contributed by atoms with E-state index >= 15 is 0 Å². The van der Waals surface area contributed by atoms with Crippen LogP contribution in [0.4, 0.5) is 0 Å². The van der Waals surface area contributed by atoms with Gasteiger partial charge in [0, 0.05) is 5.75 Å². The number of hydrogen-bond acceptors (Lipinski definition) is 5.